The van der Waals surface area contributed by atoms with Gasteiger partial charge in [0.25, 0.3) is 5.91 Å². The van der Waals surface area contributed by atoms with Crippen molar-refractivity contribution < 1.29 is 43.2 Å². The molecule has 1 atom stereocenters. The number of esters is 1. The maximum Gasteiger partial charge on any atom is 0.343 e. The molecule has 0 spiro atoms. The SMILES string of the molecule is CCCCCCCOc1ccc(C(=O)Oc2ccc(CC(NC(=O)c3ccc(NC(=O)C4CCOCC4)cc3)C(=O)O)cc2OC)cc1. The maximum atomic E-state index is 12.9. The van der Waals surface area contributed by atoms with Gasteiger partial charge in [0.05, 0.1) is 19.3 Å². The Morgan fingerprint density at radius 1 is 0.875 bits per heavy atom. The van der Waals surface area contributed by atoms with Crippen molar-refractivity contribution in [1.29, 1.82) is 0 Å². The number of ether oxygens (including phenoxy) is 4. The number of unbranched alkanes of at least 4 members (excludes halogenated alkanes) is 4. The molecule has 0 aliphatic carbocycles. The van der Waals surface area contributed by atoms with E-state index in [2.05, 4.69) is 17.6 Å². The summed E-state index contributed by atoms with van der Waals surface area (Å²) in [6.45, 7) is 3.90. The highest BCUT2D eigenvalue weighted by Crippen LogP contribution is 2.30. The number of amides is 2. The monoisotopic (exact) mass is 660 g/mol. The van der Waals surface area contributed by atoms with Crippen LogP contribution in [0.2, 0.25) is 0 Å². The maximum absolute atomic E-state index is 12.9. The summed E-state index contributed by atoms with van der Waals surface area (Å²) in [4.78, 5) is 50.3. The molecule has 0 bridgehead atoms. The van der Waals surface area contributed by atoms with Crippen LogP contribution in [0.3, 0.4) is 0 Å². The fourth-order valence-electron chi connectivity index (χ4n) is 5.25. The first-order chi connectivity index (χ1) is 23.3. The van der Waals surface area contributed by atoms with Crippen molar-refractivity contribution in [2.45, 2.75) is 64.3 Å². The van der Waals surface area contributed by atoms with Gasteiger partial charge in [-0.25, -0.2) is 9.59 Å². The molecule has 3 aromatic rings. The highest BCUT2D eigenvalue weighted by Gasteiger charge is 2.24. The van der Waals surface area contributed by atoms with Crippen LogP contribution >= 0.6 is 0 Å². The van der Waals surface area contributed by atoms with Gasteiger partial charge in [0, 0.05) is 36.8 Å². The Morgan fingerprint density at radius 2 is 1.56 bits per heavy atom. The largest absolute Gasteiger partial charge is 0.494 e. The number of benzene rings is 3. The Morgan fingerprint density at radius 3 is 2.23 bits per heavy atom. The molecule has 1 unspecified atom stereocenters. The Bertz CT molecular complexity index is 1520. The summed E-state index contributed by atoms with van der Waals surface area (Å²) in [5.41, 5.74) is 1.66. The summed E-state index contributed by atoms with van der Waals surface area (Å²) in [7, 11) is 1.41. The molecule has 0 saturated carbocycles. The molecular weight excluding hydrogens is 616 g/mol. The van der Waals surface area contributed by atoms with Crippen molar-refractivity contribution in [2.75, 3.05) is 32.2 Å². The minimum Gasteiger partial charge on any atom is -0.494 e. The number of aliphatic carboxylic acids is 1. The smallest absolute Gasteiger partial charge is 0.343 e. The van der Waals surface area contributed by atoms with Crippen molar-refractivity contribution in [3.05, 3.63) is 83.4 Å². The van der Waals surface area contributed by atoms with Gasteiger partial charge < -0.3 is 34.7 Å². The second kappa shape index (κ2) is 18.4. The zero-order valence-electron chi connectivity index (χ0n) is 27.5. The third-order valence-corrected chi connectivity index (χ3v) is 8.09. The van der Waals surface area contributed by atoms with Gasteiger partial charge in [-0.05, 0) is 85.5 Å². The highest BCUT2D eigenvalue weighted by molar-refractivity contribution is 5.98. The van der Waals surface area contributed by atoms with Crippen molar-refractivity contribution in [3.63, 3.8) is 0 Å². The molecule has 4 rings (SSSR count). The van der Waals surface area contributed by atoms with Crippen LogP contribution in [0, 0.1) is 5.92 Å². The quantitative estimate of drug-likeness (QED) is 0.0893. The molecule has 11 nitrogen and oxygen atoms in total. The Hall–Kier alpha value is -4.90. The molecule has 48 heavy (non-hydrogen) atoms. The van der Waals surface area contributed by atoms with Crippen molar-refractivity contribution in [2.24, 2.45) is 5.92 Å². The number of hydrogen-bond donors (Lipinski definition) is 3. The Kier molecular flexibility index (Phi) is 13.8. The molecule has 1 heterocycles. The zero-order chi connectivity index (χ0) is 34.3. The number of carboxylic acid groups (broad SMARTS) is 1. The third kappa shape index (κ3) is 10.8. The normalized spacial score (nSPS) is 13.6. The Labute approximate surface area is 280 Å². The van der Waals surface area contributed by atoms with Gasteiger partial charge >= 0.3 is 11.9 Å². The van der Waals surface area contributed by atoms with E-state index in [0.29, 0.717) is 55.2 Å². The first-order valence-electron chi connectivity index (χ1n) is 16.4. The van der Waals surface area contributed by atoms with E-state index in [9.17, 15) is 24.3 Å². The lowest BCUT2D eigenvalue weighted by Gasteiger charge is -2.21. The van der Waals surface area contributed by atoms with Crippen LogP contribution in [0.25, 0.3) is 0 Å². The summed E-state index contributed by atoms with van der Waals surface area (Å²) in [6.07, 6.45) is 6.99. The number of rotatable bonds is 17. The minimum absolute atomic E-state index is 0.0506. The van der Waals surface area contributed by atoms with Crippen molar-refractivity contribution in [1.82, 2.24) is 5.32 Å². The molecular formula is C37H44N2O9. The molecule has 1 aliphatic rings. The lowest BCUT2D eigenvalue weighted by atomic mass is 9.99. The number of methoxy groups -OCH3 is 1. The predicted molar refractivity (Wildman–Crippen MR) is 180 cm³/mol. The number of nitrogens with one attached hydrogen (secondary N) is 2. The molecule has 0 radical (unpaired) electrons. The highest BCUT2D eigenvalue weighted by atomic mass is 16.6. The summed E-state index contributed by atoms with van der Waals surface area (Å²) in [5.74, 6) is -1.53. The average molecular weight is 661 g/mol. The Balaban J connectivity index is 1.30. The van der Waals surface area contributed by atoms with E-state index in [1.165, 1.54) is 44.6 Å². The summed E-state index contributed by atoms with van der Waals surface area (Å²) < 4.78 is 22.1. The zero-order valence-corrected chi connectivity index (χ0v) is 27.5. The van der Waals surface area contributed by atoms with Crippen LogP contribution in [-0.4, -0.2) is 61.8 Å². The molecule has 11 heteroatoms. The first-order valence-corrected chi connectivity index (χ1v) is 16.4. The molecule has 0 aromatic heterocycles. The molecule has 3 aromatic carbocycles. The summed E-state index contributed by atoms with van der Waals surface area (Å²) in [5, 5.41) is 15.3. The van der Waals surface area contributed by atoms with Crippen LogP contribution in [0.4, 0.5) is 5.69 Å². The standard InChI is InChI=1S/C37H44N2O9/c1-3-4-5-6-7-20-47-30-15-11-28(12-16-30)37(44)48-32-17-8-25(24-33(32)45-2)23-31(36(42)43)39-35(41)26-9-13-29(14-10-26)38-34(40)27-18-21-46-22-19-27/h8-17,24,27,31H,3-7,18-23H2,1-2H3,(H,38,40)(H,39,41)(H,42,43). The van der Waals surface area contributed by atoms with Gasteiger partial charge in [0.1, 0.15) is 11.8 Å². The van der Waals surface area contributed by atoms with Gasteiger partial charge in [-0.2, -0.15) is 0 Å². The first kappa shape index (κ1) is 35.9. The molecule has 3 N–H and O–H groups in total. The lowest BCUT2D eigenvalue weighted by molar-refractivity contribution is -0.139. The van der Waals surface area contributed by atoms with Crippen molar-refractivity contribution >= 4 is 29.4 Å². The van der Waals surface area contributed by atoms with Gasteiger partial charge in [-0.3, -0.25) is 9.59 Å². The van der Waals surface area contributed by atoms with E-state index in [-0.39, 0.29) is 35.3 Å². The number of hydrogen-bond acceptors (Lipinski definition) is 8. The number of anilines is 1. The molecule has 1 aliphatic heterocycles. The van der Waals surface area contributed by atoms with Crippen LogP contribution < -0.4 is 24.8 Å². The summed E-state index contributed by atoms with van der Waals surface area (Å²) in [6, 6.07) is 16.4. The van der Waals surface area contributed by atoms with E-state index in [1.807, 2.05) is 0 Å². The van der Waals surface area contributed by atoms with Gasteiger partial charge in [0.2, 0.25) is 5.91 Å². The molecule has 1 fully saturated rings. The fourth-order valence-corrected chi connectivity index (χ4v) is 5.25. The van der Waals surface area contributed by atoms with Crippen LogP contribution in [0.15, 0.2) is 66.7 Å². The number of carbonyl (C=O) groups is 4. The van der Waals surface area contributed by atoms with Crippen LogP contribution in [0.1, 0.15) is 78.1 Å². The number of carbonyl (C=O) groups excluding carboxylic acids is 3. The lowest BCUT2D eigenvalue weighted by Crippen LogP contribution is -2.42. The fraction of sp³-hybridized carbons (Fsp3) is 0.405. The van der Waals surface area contributed by atoms with E-state index in [0.717, 1.165) is 12.8 Å². The van der Waals surface area contributed by atoms with E-state index >= 15 is 0 Å². The van der Waals surface area contributed by atoms with E-state index < -0.39 is 23.9 Å². The average Bonchev–Trinajstić information content (AvgIpc) is 3.10. The second-order valence-electron chi connectivity index (χ2n) is 11.7. The number of carboxylic acids is 1. The van der Waals surface area contributed by atoms with Gasteiger partial charge in [-0.15, -0.1) is 0 Å². The van der Waals surface area contributed by atoms with Crippen LogP contribution in [0.5, 0.6) is 17.2 Å². The molecule has 2 amide bonds. The summed E-state index contributed by atoms with van der Waals surface area (Å²) >= 11 is 0. The van der Waals surface area contributed by atoms with E-state index in [1.54, 1.807) is 48.5 Å². The van der Waals surface area contributed by atoms with Crippen molar-refractivity contribution in [3.8, 4) is 17.2 Å². The van der Waals surface area contributed by atoms with Gasteiger partial charge in [-0.1, -0.05) is 38.7 Å². The predicted octanol–water partition coefficient (Wildman–Crippen LogP) is 6.05. The van der Waals surface area contributed by atoms with Crippen LogP contribution in [-0.2, 0) is 20.7 Å². The topological polar surface area (TPSA) is 149 Å². The molecule has 256 valence electrons. The van der Waals surface area contributed by atoms with Gasteiger partial charge in [0.15, 0.2) is 11.5 Å². The second-order valence-corrected chi connectivity index (χ2v) is 11.7. The minimum atomic E-state index is -1.25. The molecule has 1 saturated heterocycles. The third-order valence-electron chi connectivity index (χ3n) is 8.09. The van der Waals surface area contributed by atoms with E-state index in [4.69, 9.17) is 18.9 Å².